The monoisotopic (exact) mass is 528 g/mol. The van der Waals surface area contributed by atoms with Gasteiger partial charge in [0.1, 0.15) is 11.6 Å². The molecule has 0 spiro atoms. The van der Waals surface area contributed by atoms with Crippen molar-refractivity contribution in [1.29, 1.82) is 0 Å². The van der Waals surface area contributed by atoms with Crippen molar-refractivity contribution in [3.8, 4) is 16.9 Å². The fraction of sp³-hybridized carbons (Fsp3) is 0.367. The van der Waals surface area contributed by atoms with Gasteiger partial charge in [-0.3, -0.25) is 4.79 Å². The van der Waals surface area contributed by atoms with Gasteiger partial charge in [0.2, 0.25) is 0 Å². The van der Waals surface area contributed by atoms with Crippen LogP contribution in [0.4, 0.5) is 23.2 Å². The van der Waals surface area contributed by atoms with E-state index in [-0.39, 0.29) is 30.5 Å². The van der Waals surface area contributed by atoms with E-state index in [1.165, 1.54) is 23.1 Å². The average molecular weight is 529 g/mol. The lowest BCUT2D eigenvalue weighted by Crippen LogP contribution is -2.55. The first-order valence-electron chi connectivity index (χ1n) is 12.8. The molecule has 0 saturated carbocycles. The fourth-order valence-corrected chi connectivity index (χ4v) is 5.18. The molecule has 8 heteroatoms. The molecule has 38 heavy (non-hydrogen) atoms. The molecule has 0 aromatic heterocycles. The molecule has 1 atom stereocenters. The van der Waals surface area contributed by atoms with Gasteiger partial charge in [-0.1, -0.05) is 36.8 Å². The largest absolute Gasteiger partial charge is 0.493 e. The van der Waals surface area contributed by atoms with Crippen LogP contribution in [0.25, 0.3) is 11.1 Å². The summed E-state index contributed by atoms with van der Waals surface area (Å²) in [4.78, 5) is 16.6. The number of halogens is 4. The second-order valence-electron chi connectivity index (χ2n) is 9.61. The predicted octanol–water partition coefficient (Wildman–Crippen LogP) is 7.27. The van der Waals surface area contributed by atoms with Crippen LogP contribution in [-0.4, -0.2) is 43.1 Å². The Morgan fingerprint density at radius 1 is 1.03 bits per heavy atom. The first kappa shape index (κ1) is 27.5. The number of carbonyl (C=O) groups excluding carboxylic acids is 1. The quantitative estimate of drug-likeness (QED) is 0.316. The summed E-state index contributed by atoms with van der Waals surface area (Å²) in [7, 11) is 0. The molecule has 0 unspecified atom stereocenters. The Hall–Kier alpha value is -3.55. The molecular weight excluding hydrogens is 496 g/mol. The van der Waals surface area contributed by atoms with E-state index in [1.807, 2.05) is 56.0 Å². The lowest BCUT2D eigenvalue weighted by atomic mass is 9.98. The van der Waals surface area contributed by atoms with Crippen LogP contribution in [0.3, 0.4) is 0 Å². The Balaban J connectivity index is 1.61. The van der Waals surface area contributed by atoms with Crippen LogP contribution in [0, 0.1) is 19.7 Å². The highest BCUT2D eigenvalue weighted by Crippen LogP contribution is 2.37. The molecule has 1 fully saturated rings. The van der Waals surface area contributed by atoms with E-state index < -0.39 is 17.6 Å². The second-order valence-corrected chi connectivity index (χ2v) is 9.61. The van der Waals surface area contributed by atoms with E-state index >= 15 is 4.39 Å². The van der Waals surface area contributed by atoms with Gasteiger partial charge in [-0.2, -0.15) is 13.2 Å². The minimum absolute atomic E-state index is 0.189. The third kappa shape index (κ3) is 5.49. The lowest BCUT2D eigenvalue weighted by Gasteiger charge is -2.43. The number of nitrogens with zero attached hydrogens (tertiary/aromatic N) is 2. The SMILES string of the molecule is CCOc1ccccc1-c1cc(C)c(N2CCN(C(=O)c3ccc(C)cc3C(F)(F)F)C[C@H]2CC)c(F)c1. The first-order valence-corrected chi connectivity index (χ1v) is 12.8. The molecule has 0 bridgehead atoms. The van der Waals surface area contributed by atoms with Crippen LogP contribution < -0.4 is 9.64 Å². The fourth-order valence-electron chi connectivity index (χ4n) is 5.18. The summed E-state index contributed by atoms with van der Waals surface area (Å²) in [6.45, 7) is 8.42. The molecule has 1 amide bonds. The van der Waals surface area contributed by atoms with Crippen LogP contribution in [-0.2, 0) is 6.18 Å². The number of alkyl halides is 3. The van der Waals surface area contributed by atoms with Crippen LogP contribution in [0.15, 0.2) is 54.6 Å². The number of aryl methyl sites for hydroxylation is 2. The molecule has 3 aromatic carbocycles. The van der Waals surface area contributed by atoms with E-state index in [0.717, 1.165) is 17.2 Å². The summed E-state index contributed by atoms with van der Waals surface area (Å²) in [6.07, 6.45) is -4.04. The maximum atomic E-state index is 15.7. The summed E-state index contributed by atoms with van der Waals surface area (Å²) in [6, 6.07) is 14.4. The van der Waals surface area contributed by atoms with Gasteiger partial charge in [0.05, 0.1) is 23.4 Å². The maximum Gasteiger partial charge on any atom is 0.417 e. The summed E-state index contributed by atoms with van der Waals surface area (Å²) in [5, 5.41) is 0. The van der Waals surface area contributed by atoms with Crippen molar-refractivity contribution >= 4 is 11.6 Å². The summed E-state index contributed by atoms with van der Waals surface area (Å²) in [5.41, 5.74) is 1.84. The first-order chi connectivity index (χ1) is 18.0. The molecule has 1 saturated heterocycles. The minimum atomic E-state index is -4.63. The Kier molecular flexibility index (Phi) is 7.99. The highest BCUT2D eigenvalue weighted by atomic mass is 19.4. The van der Waals surface area contributed by atoms with Crippen LogP contribution in [0.5, 0.6) is 5.75 Å². The van der Waals surface area contributed by atoms with Gasteiger partial charge < -0.3 is 14.5 Å². The van der Waals surface area contributed by atoms with Gasteiger partial charge in [0.15, 0.2) is 0 Å². The molecule has 0 radical (unpaired) electrons. The standard InChI is InChI=1S/C30H32F4N2O2/c1-5-22-18-35(29(37)24-12-11-19(3)15-25(24)30(32,33)34)13-14-36(22)28-20(4)16-21(17-26(28)31)23-9-7-8-10-27(23)38-6-2/h7-12,15-17,22H,5-6,13-14,18H2,1-4H3/t22-/m1/s1. The van der Waals surface area contributed by atoms with E-state index in [0.29, 0.717) is 42.1 Å². The molecule has 1 aliphatic rings. The summed E-state index contributed by atoms with van der Waals surface area (Å²) >= 11 is 0. The number of amides is 1. The lowest BCUT2D eigenvalue weighted by molar-refractivity contribution is -0.138. The molecule has 4 rings (SSSR count). The van der Waals surface area contributed by atoms with Crippen molar-refractivity contribution in [2.75, 3.05) is 31.1 Å². The Morgan fingerprint density at radius 3 is 2.42 bits per heavy atom. The number of ether oxygens (including phenoxy) is 1. The van der Waals surface area contributed by atoms with E-state index in [4.69, 9.17) is 4.74 Å². The highest BCUT2D eigenvalue weighted by molar-refractivity contribution is 5.96. The molecule has 1 aliphatic heterocycles. The Bertz CT molecular complexity index is 1300. The number of hydrogen-bond acceptors (Lipinski definition) is 3. The van der Waals surface area contributed by atoms with Crippen LogP contribution in [0.1, 0.15) is 47.3 Å². The third-order valence-corrected chi connectivity index (χ3v) is 6.99. The average Bonchev–Trinajstić information content (AvgIpc) is 2.88. The smallest absolute Gasteiger partial charge is 0.417 e. The topological polar surface area (TPSA) is 32.8 Å². The molecule has 1 heterocycles. The van der Waals surface area contributed by atoms with Crippen molar-refractivity contribution in [2.24, 2.45) is 0 Å². The van der Waals surface area contributed by atoms with Crippen molar-refractivity contribution in [3.63, 3.8) is 0 Å². The molecule has 4 nitrogen and oxygen atoms in total. The zero-order valence-electron chi connectivity index (χ0n) is 22.0. The summed E-state index contributed by atoms with van der Waals surface area (Å²) in [5.74, 6) is -0.368. The number of rotatable bonds is 6. The van der Waals surface area contributed by atoms with Crippen LogP contribution in [0.2, 0.25) is 0 Å². The number of benzene rings is 3. The molecule has 202 valence electrons. The maximum absolute atomic E-state index is 15.7. The van der Waals surface area contributed by atoms with Crippen LogP contribution >= 0.6 is 0 Å². The zero-order chi connectivity index (χ0) is 27.6. The number of hydrogen-bond donors (Lipinski definition) is 0. The van der Waals surface area contributed by atoms with Gasteiger partial charge in [-0.05, 0) is 68.7 Å². The summed E-state index contributed by atoms with van der Waals surface area (Å²) < 4.78 is 62.4. The van der Waals surface area contributed by atoms with Crippen molar-refractivity contribution in [2.45, 2.75) is 46.3 Å². The van der Waals surface area contributed by atoms with E-state index in [2.05, 4.69) is 0 Å². The van der Waals surface area contributed by atoms with Crippen molar-refractivity contribution in [3.05, 3.63) is 82.7 Å². The Morgan fingerprint density at radius 2 is 1.76 bits per heavy atom. The zero-order valence-corrected chi connectivity index (χ0v) is 22.0. The number of piperazine rings is 1. The van der Waals surface area contributed by atoms with E-state index in [9.17, 15) is 18.0 Å². The molecule has 3 aromatic rings. The molecule has 0 aliphatic carbocycles. The Labute approximate surface area is 220 Å². The predicted molar refractivity (Wildman–Crippen MR) is 141 cm³/mol. The molecular formula is C30H32F4N2O2. The number of para-hydroxylation sites is 1. The van der Waals surface area contributed by atoms with Gasteiger partial charge in [-0.15, -0.1) is 0 Å². The van der Waals surface area contributed by atoms with E-state index in [1.54, 1.807) is 6.92 Å². The number of anilines is 1. The minimum Gasteiger partial charge on any atom is -0.493 e. The van der Waals surface area contributed by atoms with Gasteiger partial charge in [-0.25, -0.2) is 4.39 Å². The molecule has 0 N–H and O–H groups in total. The van der Waals surface area contributed by atoms with Crippen molar-refractivity contribution < 1.29 is 27.1 Å². The normalized spacial score (nSPS) is 16.1. The highest BCUT2D eigenvalue weighted by Gasteiger charge is 2.38. The second kappa shape index (κ2) is 11.1. The van der Waals surface area contributed by atoms with Crippen molar-refractivity contribution in [1.82, 2.24) is 4.90 Å². The van der Waals surface area contributed by atoms with Gasteiger partial charge >= 0.3 is 6.18 Å². The number of carbonyl (C=O) groups is 1. The van der Waals surface area contributed by atoms with Gasteiger partial charge in [0, 0.05) is 31.2 Å². The van der Waals surface area contributed by atoms with Gasteiger partial charge in [0.25, 0.3) is 5.91 Å². The third-order valence-electron chi connectivity index (χ3n) is 6.99.